The molecule has 1 fully saturated rings. The Morgan fingerprint density at radius 1 is 1.10 bits per heavy atom. The zero-order valence-electron chi connectivity index (χ0n) is 18.3. The molecule has 1 aliphatic rings. The number of amides is 1. The molecule has 0 spiro atoms. The molecule has 2 N–H and O–H groups in total. The van der Waals surface area contributed by atoms with Crippen LogP contribution in [0.3, 0.4) is 0 Å². The van der Waals surface area contributed by atoms with Crippen molar-refractivity contribution < 1.29 is 9.53 Å². The van der Waals surface area contributed by atoms with E-state index in [1.807, 2.05) is 49.4 Å². The van der Waals surface area contributed by atoms with E-state index in [1.165, 1.54) is 11.9 Å². The number of carbonyl (C=O) groups excluding carboxylic acids is 1. The number of nitriles is 1. The van der Waals surface area contributed by atoms with Gasteiger partial charge in [-0.1, -0.05) is 12.1 Å². The van der Waals surface area contributed by atoms with Crippen molar-refractivity contribution in [2.24, 2.45) is 0 Å². The molecule has 1 heterocycles. The first-order valence-electron chi connectivity index (χ1n) is 10.4. The molecule has 3 rings (SSSR count). The molecule has 0 aliphatic carbocycles. The largest absolute Gasteiger partial charge is 0.497 e. The van der Waals surface area contributed by atoms with Gasteiger partial charge in [-0.05, 0) is 55.9 Å². The summed E-state index contributed by atoms with van der Waals surface area (Å²) in [5, 5.41) is 15.3. The normalized spacial score (nSPS) is 15.7. The molecule has 31 heavy (non-hydrogen) atoms. The molecule has 1 unspecified atom stereocenters. The molecule has 1 aliphatic heterocycles. The van der Waals surface area contributed by atoms with Gasteiger partial charge < -0.3 is 25.2 Å². The Labute approximate surface area is 183 Å². The van der Waals surface area contributed by atoms with Crippen LogP contribution in [0.4, 0.5) is 11.4 Å². The number of methoxy groups -OCH3 is 1. The van der Waals surface area contributed by atoms with Crippen molar-refractivity contribution >= 4 is 17.3 Å². The first-order chi connectivity index (χ1) is 15.0. The second kappa shape index (κ2) is 10.5. The molecule has 2 aromatic rings. The van der Waals surface area contributed by atoms with Crippen LogP contribution >= 0.6 is 0 Å². The van der Waals surface area contributed by atoms with Crippen molar-refractivity contribution in [3.05, 3.63) is 65.9 Å². The van der Waals surface area contributed by atoms with Crippen LogP contribution < -0.4 is 20.3 Å². The first kappa shape index (κ1) is 22.2. The summed E-state index contributed by atoms with van der Waals surface area (Å²) in [4.78, 5) is 17.2. The Bertz CT molecular complexity index is 939. The predicted octanol–water partition coefficient (Wildman–Crippen LogP) is 3.14. The first-order valence-corrected chi connectivity index (χ1v) is 10.4. The lowest BCUT2D eigenvalue weighted by molar-refractivity contribution is -0.117. The second-order valence-electron chi connectivity index (χ2n) is 7.62. The summed E-state index contributed by atoms with van der Waals surface area (Å²) in [5.74, 6) is 0.329. The van der Waals surface area contributed by atoms with Crippen molar-refractivity contribution in [2.75, 3.05) is 50.6 Å². The monoisotopic (exact) mass is 419 g/mol. The van der Waals surface area contributed by atoms with Gasteiger partial charge in [-0.25, -0.2) is 0 Å². The van der Waals surface area contributed by atoms with E-state index in [0.717, 1.165) is 43.2 Å². The number of nitrogens with one attached hydrogen (secondary N) is 2. The van der Waals surface area contributed by atoms with Crippen LogP contribution in [-0.4, -0.2) is 51.1 Å². The molecule has 1 saturated heterocycles. The van der Waals surface area contributed by atoms with Crippen LogP contribution in [0.2, 0.25) is 0 Å². The number of benzene rings is 2. The zero-order valence-corrected chi connectivity index (χ0v) is 18.3. The van der Waals surface area contributed by atoms with Gasteiger partial charge >= 0.3 is 0 Å². The van der Waals surface area contributed by atoms with Gasteiger partial charge in [-0.15, -0.1) is 0 Å². The van der Waals surface area contributed by atoms with E-state index >= 15 is 0 Å². The lowest BCUT2D eigenvalue weighted by atomic mass is 10.1. The van der Waals surface area contributed by atoms with Crippen LogP contribution in [0.5, 0.6) is 5.75 Å². The molecule has 1 atom stereocenters. The van der Waals surface area contributed by atoms with E-state index in [0.29, 0.717) is 0 Å². The quantitative estimate of drug-likeness (QED) is 0.530. The Balaban J connectivity index is 1.58. The highest BCUT2D eigenvalue weighted by Crippen LogP contribution is 2.20. The number of piperazine rings is 1. The van der Waals surface area contributed by atoms with Gasteiger partial charge in [0, 0.05) is 43.8 Å². The molecule has 162 valence electrons. The standard InChI is InChI=1S/C24H29N5O2/c1-18(19-4-10-23(31-3)11-5-19)27-24(30)20(16-25)17-26-21-6-8-22(9-7-21)29-14-12-28(2)13-15-29/h4-11,17-18,26H,12-15H2,1-3H3,(H,27,30)/b20-17-. The summed E-state index contributed by atoms with van der Waals surface area (Å²) in [7, 11) is 3.74. The fraction of sp³-hybridized carbons (Fsp3) is 0.333. The number of nitrogens with zero attached hydrogens (tertiary/aromatic N) is 3. The van der Waals surface area contributed by atoms with Crippen LogP contribution in [0.15, 0.2) is 60.3 Å². The maximum atomic E-state index is 12.5. The third-order valence-corrected chi connectivity index (χ3v) is 5.45. The van der Waals surface area contributed by atoms with Gasteiger partial charge in [0.25, 0.3) is 5.91 Å². The molecule has 0 radical (unpaired) electrons. The lowest BCUT2D eigenvalue weighted by Crippen LogP contribution is -2.44. The van der Waals surface area contributed by atoms with E-state index in [1.54, 1.807) is 7.11 Å². The number of likely N-dealkylation sites (N-methyl/N-ethyl adjacent to an activating group) is 1. The number of carbonyl (C=O) groups is 1. The summed E-state index contributed by atoms with van der Waals surface area (Å²) < 4.78 is 5.15. The number of ether oxygens (including phenoxy) is 1. The van der Waals surface area contributed by atoms with E-state index in [9.17, 15) is 10.1 Å². The van der Waals surface area contributed by atoms with Crippen molar-refractivity contribution in [3.63, 3.8) is 0 Å². The highest BCUT2D eigenvalue weighted by atomic mass is 16.5. The molecule has 7 nitrogen and oxygen atoms in total. The molecular weight excluding hydrogens is 390 g/mol. The van der Waals surface area contributed by atoms with Crippen LogP contribution in [0.1, 0.15) is 18.5 Å². The minimum Gasteiger partial charge on any atom is -0.497 e. The molecular formula is C24H29N5O2. The third kappa shape index (κ3) is 6.00. The van der Waals surface area contributed by atoms with E-state index in [-0.39, 0.29) is 11.6 Å². The van der Waals surface area contributed by atoms with Crippen molar-refractivity contribution in [1.82, 2.24) is 10.2 Å². The van der Waals surface area contributed by atoms with Crippen molar-refractivity contribution in [1.29, 1.82) is 5.26 Å². The Kier molecular flexibility index (Phi) is 7.52. The highest BCUT2D eigenvalue weighted by Gasteiger charge is 2.15. The summed E-state index contributed by atoms with van der Waals surface area (Å²) in [6, 6.07) is 17.2. The van der Waals surface area contributed by atoms with Crippen LogP contribution in [-0.2, 0) is 4.79 Å². The van der Waals surface area contributed by atoms with Gasteiger partial charge in [-0.2, -0.15) is 5.26 Å². The fourth-order valence-electron chi connectivity index (χ4n) is 3.39. The van der Waals surface area contributed by atoms with Gasteiger partial charge in [0.1, 0.15) is 17.4 Å². The Hall–Kier alpha value is -3.50. The maximum Gasteiger partial charge on any atom is 0.263 e. The SMILES string of the molecule is COc1ccc(C(C)NC(=O)/C(C#N)=C\Nc2ccc(N3CCN(C)CC3)cc2)cc1. The summed E-state index contributed by atoms with van der Waals surface area (Å²) in [5.41, 5.74) is 2.94. The molecule has 0 saturated carbocycles. The highest BCUT2D eigenvalue weighted by molar-refractivity contribution is 5.97. The molecule has 1 amide bonds. The molecule has 0 bridgehead atoms. The number of rotatable bonds is 7. The van der Waals surface area contributed by atoms with Gasteiger partial charge in [0.2, 0.25) is 0 Å². The zero-order chi connectivity index (χ0) is 22.2. The second-order valence-corrected chi connectivity index (χ2v) is 7.62. The minimum absolute atomic E-state index is 0.0171. The summed E-state index contributed by atoms with van der Waals surface area (Å²) >= 11 is 0. The van der Waals surface area contributed by atoms with Gasteiger partial charge in [0.15, 0.2) is 0 Å². The Morgan fingerprint density at radius 3 is 2.32 bits per heavy atom. The Morgan fingerprint density at radius 2 is 1.74 bits per heavy atom. The summed E-state index contributed by atoms with van der Waals surface area (Å²) in [6.45, 7) is 6.00. The number of hydrogen-bond donors (Lipinski definition) is 2. The number of anilines is 2. The number of hydrogen-bond acceptors (Lipinski definition) is 6. The lowest BCUT2D eigenvalue weighted by Gasteiger charge is -2.34. The molecule has 0 aromatic heterocycles. The van der Waals surface area contributed by atoms with E-state index in [4.69, 9.17) is 4.74 Å². The van der Waals surface area contributed by atoms with Crippen LogP contribution in [0.25, 0.3) is 0 Å². The molecule has 2 aromatic carbocycles. The van der Waals surface area contributed by atoms with Crippen molar-refractivity contribution in [2.45, 2.75) is 13.0 Å². The average molecular weight is 420 g/mol. The third-order valence-electron chi connectivity index (χ3n) is 5.45. The minimum atomic E-state index is -0.424. The smallest absolute Gasteiger partial charge is 0.263 e. The fourth-order valence-corrected chi connectivity index (χ4v) is 3.39. The predicted molar refractivity (Wildman–Crippen MR) is 123 cm³/mol. The molecule has 7 heteroatoms. The summed E-state index contributed by atoms with van der Waals surface area (Å²) in [6.07, 6.45) is 1.45. The van der Waals surface area contributed by atoms with Gasteiger partial charge in [-0.3, -0.25) is 4.79 Å². The van der Waals surface area contributed by atoms with E-state index < -0.39 is 5.91 Å². The maximum absolute atomic E-state index is 12.5. The average Bonchev–Trinajstić information content (AvgIpc) is 2.80. The van der Waals surface area contributed by atoms with Crippen molar-refractivity contribution in [3.8, 4) is 11.8 Å². The topological polar surface area (TPSA) is 80.6 Å². The van der Waals surface area contributed by atoms with Crippen LogP contribution in [0, 0.1) is 11.3 Å². The van der Waals surface area contributed by atoms with E-state index in [2.05, 4.69) is 39.6 Å². The van der Waals surface area contributed by atoms with Gasteiger partial charge in [0.05, 0.1) is 13.2 Å².